The Balaban J connectivity index is 2.34. The molecule has 1 aliphatic carbocycles. The molecule has 1 aliphatic rings. The maximum absolute atomic E-state index is 12.6. The lowest BCUT2D eigenvalue weighted by Crippen LogP contribution is -2.36. The number of nitrogens with two attached hydrogens (primary N) is 1. The van der Waals surface area contributed by atoms with Crippen LogP contribution in [0.2, 0.25) is 0 Å². The summed E-state index contributed by atoms with van der Waals surface area (Å²) in [5.41, 5.74) is 7.10. The van der Waals surface area contributed by atoms with Gasteiger partial charge in [-0.15, -0.1) is 0 Å². The van der Waals surface area contributed by atoms with Crippen molar-refractivity contribution in [3.63, 3.8) is 0 Å². The molecule has 0 amide bonds. The van der Waals surface area contributed by atoms with Crippen molar-refractivity contribution in [2.24, 2.45) is 11.7 Å². The first-order valence-electron chi connectivity index (χ1n) is 6.63. The number of aryl methyl sites for hydroxylation is 1. The lowest BCUT2D eigenvalue weighted by molar-refractivity contribution is 0.357. The Labute approximate surface area is 126 Å². The van der Waals surface area contributed by atoms with Crippen LogP contribution in [0.4, 0.5) is 0 Å². The molecule has 1 aromatic rings. The molecule has 1 unspecified atom stereocenters. The van der Waals surface area contributed by atoms with Gasteiger partial charge in [0.15, 0.2) is 0 Å². The minimum Gasteiger partial charge on any atom is -0.389 e. The zero-order chi connectivity index (χ0) is 15.1. The van der Waals surface area contributed by atoms with Gasteiger partial charge in [-0.2, -0.15) is 4.31 Å². The van der Waals surface area contributed by atoms with Crippen LogP contribution in [-0.2, 0) is 10.0 Å². The number of nitrogens with zero attached hydrogens (tertiary/aromatic N) is 1. The van der Waals surface area contributed by atoms with Gasteiger partial charge in [-0.25, -0.2) is 8.42 Å². The van der Waals surface area contributed by atoms with E-state index in [1.807, 2.05) is 13.8 Å². The smallest absolute Gasteiger partial charge is 0.243 e. The topological polar surface area (TPSA) is 63.4 Å². The van der Waals surface area contributed by atoms with E-state index in [0.717, 1.165) is 24.0 Å². The Morgan fingerprint density at radius 2 is 2.05 bits per heavy atom. The Bertz CT molecular complexity index is 637. The number of benzene rings is 1. The van der Waals surface area contributed by atoms with E-state index < -0.39 is 10.0 Å². The second-order valence-corrected chi connectivity index (χ2v) is 7.88. The van der Waals surface area contributed by atoms with Gasteiger partial charge in [0.1, 0.15) is 4.99 Å². The molecule has 0 bridgehead atoms. The highest BCUT2D eigenvalue weighted by molar-refractivity contribution is 7.89. The molecule has 110 valence electrons. The van der Waals surface area contributed by atoms with E-state index >= 15 is 0 Å². The van der Waals surface area contributed by atoms with Crippen LogP contribution in [0.1, 0.15) is 30.9 Å². The number of hydrogen-bond acceptors (Lipinski definition) is 3. The van der Waals surface area contributed by atoms with Gasteiger partial charge in [-0.3, -0.25) is 0 Å². The highest BCUT2D eigenvalue weighted by atomic mass is 32.2. The Morgan fingerprint density at radius 1 is 1.45 bits per heavy atom. The Kier molecular flexibility index (Phi) is 4.18. The fourth-order valence-electron chi connectivity index (χ4n) is 2.33. The molecule has 4 nitrogen and oxygen atoms in total. The van der Waals surface area contributed by atoms with Gasteiger partial charge in [-0.05, 0) is 50.3 Å². The van der Waals surface area contributed by atoms with Crippen molar-refractivity contribution in [1.82, 2.24) is 4.31 Å². The maximum atomic E-state index is 12.6. The monoisotopic (exact) mass is 312 g/mol. The summed E-state index contributed by atoms with van der Waals surface area (Å²) in [5.74, 6) is 0.492. The molecule has 1 fully saturated rings. The first kappa shape index (κ1) is 15.4. The number of sulfonamides is 1. The van der Waals surface area contributed by atoms with Crippen LogP contribution in [0.5, 0.6) is 0 Å². The van der Waals surface area contributed by atoms with Crippen LogP contribution >= 0.6 is 12.2 Å². The molecule has 2 rings (SSSR count). The van der Waals surface area contributed by atoms with Gasteiger partial charge in [0.05, 0.1) is 4.90 Å². The summed E-state index contributed by atoms with van der Waals surface area (Å²) in [7, 11) is -1.81. The Morgan fingerprint density at radius 3 is 2.50 bits per heavy atom. The summed E-state index contributed by atoms with van der Waals surface area (Å²) in [5, 5.41) is 0. The van der Waals surface area contributed by atoms with Gasteiger partial charge in [0.2, 0.25) is 10.0 Å². The summed E-state index contributed by atoms with van der Waals surface area (Å²) in [6, 6.07) is 4.93. The van der Waals surface area contributed by atoms with Gasteiger partial charge in [-0.1, -0.05) is 18.3 Å². The highest BCUT2D eigenvalue weighted by Crippen LogP contribution is 2.36. The van der Waals surface area contributed by atoms with Gasteiger partial charge in [0.25, 0.3) is 0 Å². The normalized spacial score (nSPS) is 17.2. The zero-order valence-corrected chi connectivity index (χ0v) is 13.6. The molecular formula is C14H20N2O2S2. The van der Waals surface area contributed by atoms with Crippen LogP contribution < -0.4 is 5.73 Å². The fourth-order valence-corrected chi connectivity index (χ4v) is 4.07. The molecule has 0 saturated heterocycles. The summed E-state index contributed by atoms with van der Waals surface area (Å²) < 4.78 is 26.7. The minimum absolute atomic E-state index is 0.0376. The Hall–Kier alpha value is -0.980. The first-order valence-corrected chi connectivity index (χ1v) is 8.48. The van der Waals surface area contributed by atoms with Crippen molar-refractivity contribution in [1.29, 1.82) is 0 Å². The molecule has 0 aromatic heterocycles. The number of thiocarbonyl (C=S) groups is 1. The largest absolute Gasteiger partial charge is 0.389 e. The molecule has 0 heterocycles. The summed E-state index contributed by atoms with van der Waals surface area (Å²) in [4.78, 5) is 0.580. The van der Waals surface area contributed by atoms with Crippen molar-refractivity contribution in [3.05, 3.63) is 29.3 Å². The summed E-state index contributed by atoms with van der Waals surface area (Å²) in [6.07, 6.45) is 2.22. The van der Waals surface area contributed by atoms with E-state index in [1.54, 1.807) is 25.2 Å². The van der Waals surface area contributed by atoms with Crippen molar-refractivity contribution < 1.29 is 8.42 Å². The van der Waals surface area contributed by atoms with E-state index in [2.05, 4.69) is 0 Å². The van der Waals surface area contributed by atoms with Crippen molar-refractivity contribution >= 4 is 27.2 Å². The average Bonchev–Trinajstić information content (AvgIpc) is 3.20. The highest BCUT2D eigenvalue weighted by Gasteiger charge is 2.36. The first-order chi connectivity index (χ1) is 9.25. The average molecular weight is 312 g/mol. The van der Waals surface area contributed by atoms with E-state index in [1.165, 1.54) is 4.31 Å². The number of hydrogen-bond donors (Lipinski definition) is 1. The van der Waals surface area contributed by atoms with E-state index in [9.17, 15) is 8.42 Å². The third kappa shape index (κ3) is 2.87. The van der Waals surface area contributed by atoms with E-state index in [4.69, 9.17) is 18.0 Å². The molecule has 6 heteroatoms. The summed E-state index contributed by atoms with van der Waals surface area (Å²) >= 11 is 4.94. The molecule has 0 spiro atoms. The molecular weight excluding hydrogens is 292 g/mol. The van der Waals surface area contributed by atoms with Gasteiger partial charge >= 0.3 is 0 Å². The van der Waals surface area contributed by atoms with Crippen LogP contribution in [0.15, 0.2) is 23.1 Å². The quantitative estimate of drug-likeness (QED) is 0.845. The van der Waals surface area contributed by atoms with Crippen LogP contribution in [-0.4, -0.2) is 30.8 Å². The van der Waals surface area contributed by atoms with Gasteiger partial charge < -0.3 is 5.73 Å². The third-order valence-corrected chi connectivity index (χ3v) is 6.18. The maximum Gasteiger partial charge on any atom is 0.243 e. The molecule has 20 heavy (non-hydrogen) atoms. The second-order valence-electron chi connectivity index (χ2n) is 5.44. The van der Waals surface area contributed by atoms with Crippen molar-refractivity contribution in [3.8, 4) is 0 Å². The SMILES string of the molecule is Cc1cc(S(=O)(=O)N(C)C(C)C2CC2)ccc1C(N)=S. The molecule has 1 atom stereocenters. The molecule has 1 saturated carbocycles. The fraction of sp³-hybridized carbons (Fsp3) is 0.500. The van der Waals surface area contributed by atoms with Gasteiger partial charge in [0, 0.05) is 18.7 Å². The standard InChI is InChI=1S/C14H20N2O2S2/c1-9-8-12(6-7-13(9)14(15)19)20(17,18)16(3)10(2)11-4-5-11/h6-8,10-11H,4-5H2,1-3H3,(H2,15,19). The van der Waals surface area contributed by atoms with E-state index in [0.29, 0.717) is 10.8 Å². The summed E-state index contributed by atoms with van der Waals surface area (Å²) in [6.45, 7) is 3.78. The van der Waals surface area contributed by atoms with Crippen molar-refractivity contribution in [2.45, 2.75) is 37.6 Å². The molecule has 2 N–H and O–H groups in total. The van der Waals surface area contributed by atoms with Crippen LogP contribution in [0.3, 0.4) is 0 Å². The lowest BCUT2D eigenvalue weighted by Gasteiger charge is -2.24. The number of rotatable bonds is 5. The predicted molar refractivity (Wildman–Crippen MR) is 84.2 cm³/mol. The van der Waals surface area contributed by atoms with Crippen LogP contribution in [0.25, 0.3) is 0 Å². The van der Waals surface area contributed by atoms with Crippen LogP contribution in [0, 0.1) is 12.8 Å². The lowest BCUT2D eigenvalue weighted by atomic mass is 10.1. The second kappa shape index (κ2) is 5.42. The van der Waals surface area contributed by atoms with E-state index in [-0.39, 0.29) is 11.0 Å². The third-order valence-electron chi connectivity index (χ3n) is 4.02. The molecule has 0 aliphatic heterocycles. The molecule has 0 radical (unpaired) electrons. The minimum atomic E-state index is -3.46. The molecule has 1 aromatic carbocycles. The predicted octanol–water partition coefficient (Wildman–Crippen LogP) is 2.05. The van der Waals surface area contributed by atoms with Crippen molar-refractivity contribution in [2.75, 3.05) is 7.05 Å². The zero-order valence-electron chi connectivity index (χ0n) is 12.0.